The summed E-state index contributed by atoms with van der Waals surface area (Å²) in [5, 5.41) is 2.72. The first-order valence-electron chi connectivity index (χ1n) is 7.75. The van der Waals surface area contributed by atoms with Gasteiger partial charge in [0.2, 0.25) is 0 Å². The van der Waals surface area contributed by atoms with Crippen molar-refractivity contribution in [3.8, 4) is 0 Å². The summed E-state index contributed by atoms with van der Waals surface area (Å²) in [6, 6.07) is 15.4. The number of hydrogen-bond donors (Lipinski definition) is 1. The number of nitrogens with zero attached hydrogens (tertiary/aromatic N) is 1. The van der Waals surface area contributed by atoms with Crippen LogP contribution in [0.3, 0.4) is 0 Å². The Morgan fingerprint density at radius 1 is 1.21 bits per heavy atom. The number of benzene rings is 2. The van der Waals surface area contributed by atoms with Gasteiger partial charge < -0.3 is 14.5 Å². The predicted molar refractivity (Wildman–Crippen MR) is 92.3 cm³/mol. The Bertz CT molecular complexity index is 825. The van der Waals surface area contributed by atoms with Gasteiger partial charge in [0.15, 0.2) is 12.0 Å². The molecule has 5 heteroatoms. The Labute approximate surface area is 140 Å². The van der Waals surface area contributed by atoms with E-state index in [1.807, 2.05) is 60.7 Å². The molecule has 0 aliphatic carbocycles. The second kappa shape index (κ2) is 7.97. The molecule has 1 heterocycles. The summed E-state index contributed by atoms with van der Waals surface area (Å²) in [7, 11) is 0. The number of fused-ring (bicyclic) bond motifs is 1. The second-order valence-corrected chi connectivity index (χ2v) is 5.26. The summed E-state index contributed by atoms with van der Waals surface area (Å²) in [5.41, 5.74) is 3.62. The first-order chi connectivity index (χ1) is 11.8. The van der Waals surface area contributed by atoms with E-state index in [9.17, 15) is 4.79 Å². The van der Waals surface area contributed by atoms with Gasteiger partial charge in [0.1, 0.15) is 12.1 Å². The van der Waals surface area contributed by atoms with Gasteiger partial charge in [-0.25, -0.2) is 9.78 Å². The van der Waals surface area contributed by atoms with Gasteiger partial charge in [0.25, 0.3) is 0 Å². The monoisotopic (exact) mass is 322 g/mol. The Morgan fingerprint density at radius 2 is 2.08 bits per heavy atom. The molecule has 5 nitrogen and oxygen atoms in total. The van der Waals surface area contributed by atoms with E-state index in [0.717, 1.165) is 28.6 Å². The number of hydrogen-bond acceptors (Lipinski definition) is 4. The number of oxazole rings is 1. The molecular weight excluding hydrogens is 304 g/mol. The van der Waals surface area contributed by atoms with Crippen molar-refractivity contribution < 1.29 is 13.9 Å². The number of alkyl carbamates (subject to hydrolysis) is 1. The van der Waals surface area contributed by atoms with Crippen molar-refractivity contribution in [2.24, 2.45) is 0 Å². The maximum atomic E-state index is 11.6. The van der Waals surface area contributed by atoms with E-state index in [-0.39, 0.29) is 6.61 Å². The van der Waals surface area contributed by atoms with E-state index in [4.69, 9.17) is 9.15 Å². The fourth-order valence-corrected chi connectivity index (χ4v) is 2.23. The summed E-state index contributed by atoms with van der Waals surface area (Å²) >= 11 is 0. The topological polar surface area (TPSA) is 64.4 Å². The third kappa shape index (κ3) is 4.46. The summed E-state index contributed by atoms with van der Waals surface area (Å²) in [4.78, 5) is 15.7. The van der Waals surface area contributed by atoms with Crippen LogP contribution in [-0.4, -0.2) is 17.6 Å². The lowest BCUT2D eigenvalue weighted by atomic mass is 10.2. The third-order valence-corrected chi connectivity index (χ3v) is 3.46. The normalized spacial score (nSPS) is 11.0. The van der Waals surface area contributed by atoms with Crippen molar-refractivity contribution >= 4 is 23.3 Å². The highest BCUT2D eigenvalue weighted by Crippen LogP contribution is 2.15. The molecule has 0 aliphatic rings. The summed E-state index contributed by atoms with van der Waals surface area (Å²) in [5.74, 6) is 0. The average Bonchev–Trinajstić information content (AvgIpc) is 3.08. The van der Waals surface area contributed by atoms with Crippen LogP contribution in [0.15, 0.2) is 65.4 Å². The van der Waals surface area contributed by atoms with Gasteiger partial charge in [0.05, 0.1) is 0 Å². The third-order valence-electron chi connectivity index (χ3n) is 3.46. The van der Waals surface area contributed by atoms with Crippen LogP contribution in [0.4, 0.5) is 4.79 Å². The smallest absolute Gasteiger partial charge is 0.407 e. The molecule has 0 aliphatic heterocycles. The SMILES string of the molecule is O=C(NCCC=Cc1ccc2ocnc2c1)OCc1ccccc1. The Hall–Kier alpha value is -3.08. The molecule has 0 unspecified atom stereocenters. The largest absolute Gasteiger partial charge is 0.445 e. The van der Waals surface area contributed by atoms with Crippen LogP contribution >= 0.6 is 0 Å². The predicted octanol–water partition coefficient (Wildman–Crippen LogP) is 4.16. The minimum Gasteiger partial charge on any atom is -0.445 e. The Balaban J connectivity index is 1.37. The number of amides is 1. The van der Waals surface area contributed by atoms with Crippen molar-refractivity contribution in [3.63, 3.8) is 0 Å². The number of carbonyl (C=O) groups excluding carboxylic acids is 1. The number of rotatable bonds is 6. The minimum absolute atomic E-state index is 0.278. The lowest BCUT2D eigenvalue weighted by Gasteiger charge is -2.05. The molecule has 0 radical (unpaired) electrons. The van der Waals surface area contributed by atoms with Gasteiger partial charge in [0, 0.05) is 6.54 Å². The molecule has 0 fully saturated rings. The van der Waals surface area contributed by atoms with E-state index >= 15 is 0 Å². The van der Waals surface area contributed by atoms with Crippen LogP contribution in [0.1, 0.15) is 17.5 Å². The summed E-state index contributed by atoms with van der Waals surface area (Å²) in [6.45, 7) is 0.802. The Kier molecular flexibility index (Phi) is 5.24. The van der Waals surface area contributed by atoms with Crippen LogP contribution in [0.25, 0.3) is 17.2 Å². The molecule has 0 bridgehead atoms. The molecule has 24 heavy (non-hydrogen) atoms. The highest BCUT2D eigenvalue weighted by Gasteiger charge is 2.01. The molecule has 1 aromatic heterocycles. The molecule has 0 spiro atoms. The zero-order valence-corrected chi connectivity index (χ0v) is 13.1. The van der Waals surface area contributed by atoms with Gasteiger partial charge in [-0.1, -0.05) is 48.6 Å². The van der Waals surface area contributed by atoms with Crippen molar-refractivity contribution in [2.45, 2.75) is 13.0 Å². The lowest BCUT2D eigenvalue weighted by molar-refractivity contribution is 0.140. The molecule has 3 aromatic rings. The quantitative estimate of drug-likeness (QED) is 0.692. The average molecular weight is 322 g/mol. The molecule has 1 N–H and O–H groups in total. The van der Waals surface area contributed by atoms with E-state index in [0.29, 0.717) is 6.54 Å². The van der Waals surface area contributed by atoms with Crippen LogP contribution < -0.4 is 5.32 Å². The van der Waals surface area contributed by atoms with Crippen molar-refractivity contribution in [1.82, 2.24) is 10.3 Å². The standard InChI is InChI=1S/C19H18N2O3/c22-19(23-13-16-7-2-1-3-8-16)20-11-5-4-6-15-9-10-18-17(12-15)21-14-24-18/h1-4,6-10,12,14H,5,11,13H2,(H,20,22). The first kappa shape index (κ1) is 15.8. The summed E-state index contributed by atoms with van der Waals surface area (Å²) in [6.07, 6.45) is 5.74. The Morgan fingerprint density at radius 3 is 2.96 bits per heavy atom. The molecule has 0 saturated heterocycles. The highest BCUT2D eigenvalue weighted by atomic mass is 16.5. The zero-order valence-electron chi connectivity index (χ0n) is 13.1. The van der Waals surface area contributed by atoms with E-state index < -0.39 is 6.09 Å². The molecule has 0 saturated carbocycles. The molecule has 2 aromatic carbocycles. The van der Waals surface area contributed by atoms with E-state index in [1.54, 1.807) is 0 Å². The van der Waals surface area contributed by atoms with E-state index in [1.165, 1.54) is 6.39 Å². The van der Waals surface area contributed by atoms with E-state index in [2.05, 4.69) is 10.3 Å². The first-order valence-corrected chi connectivity index (χ1v) is 7.75. The number of nitrogens with one attached hydrogen (secondary N) is 1. The molecule has 0 atom stereocenters. The van der Waals surface area contributed by atoms with Crippen LogP contribution in [-0.2, 0) is 11.3 Å². The molecular formula is C19H18N2O3. The fraction of sp³-hybridized carbons (Fsp3) is 0.158. The molecule has 1 amide bonds. The highest BCUT2D eigenvalue weighted by molar-refractivity contribution is 5.75. The van der Waals surface area contributed by atoms with Crippen molar-refractivity contribution in [1.29, 1.82) is 0 Å². The van der Waals surface area contributed by atoms with Gasteiger partial charge >= 0.3 is 6.09 Å². The fourth-order valence-electron chi connectivity index (χ4n) is 2.23. The second-order valence-electron chi connectivity index (χ2n) is 5.26. The van der Waals surface area contributed by atoms with Gasteiger partial charge in [-0.05, 0) is 29.7 Å². The zero-order chi connectivity index (χ0) is 16.6. The maximum Gasteiger partial charge on any atom is 0.407 e. The van der Waals surface area contributed by atoms with Gasteiger partial charge in [-0.3, -0.25) is 0 Å². The van der Waals surface area contributed by atoms with Crippen molar-refractivity contribution in [3.05, 3.63) is 72.1 Å². The van der Waals surface area contributed by atoms with Gasteiger partial charge in [-0.2, -0.15) is 0 Å². The van der Waals surface area contributed by atoms with Crippen molar-refractivity contribution in [2.75, 3.05) is 6.54 Å². The number of carbonyl (C=O) groups is 1. The van der Waals surface area contributed by atoms with Crippen LogP contribution in [0, 0.1) is 0 Å². The van der Waals surface area contributed by atoms with Crippen LogP contribution in [0.5, 0.6) is 0 Å². The number of ether oxygens (including phenoxy) is 1. The molecule has 122 valence electrons. The lowest BCUT2D eigenvalue weighted by Crippen LogP contribution is -2.24. The summed E-state index contributed by atoms with van der Waals surface area (Å²) < 4.78 is 10.3. The van der Waals surface area contributed by atoms with Gasteiger partial charge in [-0.15, -0.1) is 0 Å². The minimum atomic E-state index is -0.406. The maximum absolute atomic E-state index is 11.6. The van der Waals surface area contributed by atoms with Crippen LogP contribution in [0.2, 0.25) is 0 Å². The molecule has 3 rings (SSSR count). The number of aromatic nitrogens is 1.